The van der Waals surface area contributed by atoms with E-state index in [0.29, 0.717) is 22.5 Å². The van der Waals surface area contributed by atoms with Crippen LogP contribution < -0.4 is 10.5 Å². The first-order valence-corrected chi connectivity index (χ1v) is 6.89. The molecule has 0 aliphatic rings. The van der Waals surface area contributed by atoms with Gasteiger partial charge in [0.1, 0.15) is 17.9 Å². The summed E-state index contributed by atoms with van der Waals surface area (Å²) in [6, 6.07) is 5.38. The zero-order valence-corrected chi connectivity index (χ0v) is 12.9. The van der Waals surface area contributed by atoms with Crippen LogP contribution in [0.25, 0.3) is 0 Å². The summed E-state index contributed by atoms with van der Waals surface area (Å²) >= 11 is 9.47. The van der Waals surface area contributed by atoms with E-state index in [1.165, 1.54) is 6.33 Å². The van der Waals surface area contributed by atoms with Gasteiger partial charge in [-0.3, -0.25) is 0 Å². The Morgan fingerprint density at radius 2 is 2.05 bits per heavy atom. The summed E-state index contributed by atoms with van der Waals surface area (Å²) in [5.74, 6) is 1.55. The van der Waals surface area contributed by atoms with Crippen LogP contribution in [0.1, 0.15) is 25.3 Å². The second-order valence-corrected chi connectivity index (χ2v) is 5.63. The fraction of sp³-hybridized carbons (Fsp3) is 0.231. The van der Waals surface area contributed by atoms with Crippen LogP contribution >= 0.6 is 27.5 Å². The zero-order valence-electron chi connectivity index (χ0n) is 10.5. The van der Waals surface area contributed by atoms with E-state index >= 15 is 0 Å². The average Bonchev–Trinajstić information content (AvgIpc) is 2.32. The molecule has 0 fully saturated rings. The van der Waals surface area contributed by atoms with Crippen LogP contribution in [-0.4, -0.2) is 9.97 Å². The van der Waals surface area contributed by atoms with Gasteiger partial charge in [0.25, 0.3) is 0 Å². The lowest BCUT2D eigenvalue weighted by molar-refractivity contribution is 0.452. The molecule has 1 aromatic heterocycles. The van der Waals surface area contributed by atoms with Gasteiger partial charge in [0.15, 0.2) is 0 Å². The van der Waals surface area contributed by atoms with Gasteiger partial charge in [-0.05, 0) is 24.1 Å². The summed E-state index contributed by atoms with van der Waals surface area (Å²) in [6.07, 6.45) is 1.38. The van der Waals surface area contributed by atoms with Crippen LogP contribution in [0.2, 0.25) is 5.02 Å². The van der Waals surface area contributed by atoms with Crippen molar-refractivity contribution >= 4 is 33.3 Å². The minimum absolute atomic E-state index is 0.158. The molecule has 6 heteroatoms. The van der Waals surface area contributed by atoms with E-state index in [0.717, 1.165) is 10.0 Å². The van der Waals surface area contributed by atoms with Crippen molar-refractivity contribution in [1.29, 1.82) is 0 Å². The monoisotopic (exact) mass is 341 g/mol. The minimum atomic E-state index is 0.158. The smallest absolute Gasteiger partial charge is 0.227 e. The maximum atomic E-state index is 6.12. The summed E-state index contributed by atoms with van der Waals surface area (Å²) < 4.78 is 6.64. The summed E-state index contributed by atoms with van der Waals surface area (Å²) in [5, 5.41) is 0.501. The number of nitrogens with two attached hydrogens (primary N) is 1. The Bertz CT molecular complexity index is 604. The molecule has 0 atom stereocenters. The molecule has 2 aromatic rings. The lowest BCUT2D eigenvalue weighted by Crippen LogP contribution is -2.04. The van der Waals surface area contributed by atoms with Crippen LogP contribution in [-0.2, 0) is 0 Å². The Hall–Kier alpha value is -1.33. The Morgan fingerprint density at radius 1 is 1.32 bits per heavy atom. The van der Waals surface area contributed by atoms with Crippen molar-refractivity contribution < 1.29 is 4.74 Å². The van der Waals surface area contributed by atoms with Gasteiger partial charge >= 0.3 is 0 Å². The molecule has 4 nitrogen and oxygen atoms in total. The lowest BCUT2D eigenvalue weighted by Gasteiger charge is -2.14. The molecule has 0 aliphatic carbocycles. The minimum Gasteiger partial charge on any atom is -0.437 e. The topological polar surface area (TPSA) is 61.0 Å². The third kappa shape index (κ3) is 3.16. The van der Waals surface area contributed by atoms with E-state index in [4.69, 9.17) is 22.1 Å². The van der Waals surface area contributed by atoms with Crippen LogP contribution in [0.5, 0.6) is 11.6 Å². The van der Waals surface area contributed by atoms with Crippen molar-refractivity contribution in [2.75, 3.05) is 5.73 Å². The number of anilines is 1. The number of benzene rings is 1. The highest BCUT2D eigenvalue weighted by atomic mass is 79.9. The molecule has 0 bridgehead atoms. The standard InChI is InChI=1S/C13H13BrClN3O/c1-7(2)11-12(16)17-6-18-13(11)19-10-4-3-8(14)5-9(10)15/h3-7H,1-2H3,(H2,16,17,18). The van der Waals surface area contributed by atoms with Crippen molar-refractivity contribution in [3.8, 4) is 11.6 Å². The average molecular weight is 343 g/mol. The molecule has 1 heterocycles. The Labute approximate surface area is 125 Å². The first kappa shape index (κ1) is 14.1. The highest BCUT2D eigenvalue weighted by Gasteiger charge is 2.16. The van der Waals surface area contributed by atoms with Crippen LogP contribution in [0.15, 0.2) is 29.0 Å². The van der Waals surface area contributed by atoms with Crippen molar-refractivity contribution in [2.45, 2.75) is 19.8 Å². The third-order valence-electron chi connectivity index (χ3n) is 2.56. The number of ether oxygens (including phenoxy) is 1. The quantitative estimate of drug-likeness (QED) is 0.898. The molecule has 2 N–H and O–H groups in total. The predicted octanol–water partition coefficient (Wildman–Crippen LogP) is 4.39. The van der Waals surface area contributed by atoms with Gasteiger partial charge < -0.3 is 10.5 Å². The maximum absolute atomic E-state index is 6.12. The molecule has 0 spiro atoms. The van der Waals surface area contributed by atoms with Crippen molar-refractivity contribution in [2.24, 2.45) is 0 Å². The number of nitrogen functional groups attached to an aromatic ring is 1. The van der Waals surface area contributed by atoms with Gasteiger partial charge in [0, 0.05) is 4.47 Å². The van der Waals surface area contributed by atoms with Crippen LogP contribution in [0, 0.1) is 0 Å². The van der Waals surface area contributed by atoms with Gasteiger partial charge in [-0.15, -0.1) is 0 Å². The fourth-order valence-electron chi connectivity index (χ4n) is 1.68. The second-order valence-electron chi connectivity index (χ2n) is 4.31. The third-order valence-corrected chi connectivity index (χ3v) is 3.34. The van der Waals surface area contributed by atoms with Crippen molar-refractivity contribution in [3.63, 3.8) is 0 Å². The Morgan fingerprint density at radius 3 is 2.68 bits per heavy atom. The molecule has 19 heavy (non-hydrogen) atoms. The zero-order chi connectivity index (χ0) is 14.0. The molecule has 1 aromatic carbocycles. The molecule has 0 saturated heterocycles. The molecule has 0 amide bonds. The molecule has 100 valence electrons. The number of hydrogen-bond acceptors (Lipinski definition) is 4. The van der Waals surface area contributed by atoms with E-state index in [1.807, 2.05) is 19.9 Å². The van der Waals surface area contributed by atoms with Crippen molar-refractivity contribution in [3.05, 3.63) is 39.6 Å². The molecule has 0 saturated carbocycles. The van der Waals surface area contributed by atoms with Gasteiger partial charge in [-0.25, -0.2) is 9.97 Å². The molecule has 2 rings (SSSR count). The molecular weight excluding hydrogens is 330 g/mol. The predicted molar refractivity (Wildman–Crippen MR) is 79.8 cm³/mol. The first-order chi connectivity index (χ1) is 8.99. The normalized spacial score (nSPS) is 10.8. The maximum Gasteiger partial charge on any atom is 0.227 e. The van der Waals surface area contributed by atoms with E-state index in [1.54, 1.807) is 12.1 Å². The number of aromatic nitrogens is 2. The molecular formula is C13H13BrClN3O. The molecule has 0 aliphatic heterocycles. The van der Waals surface area contributed by atoms with Gasteiger partial charge in [-0.2, -0.15) is 0 Å². The lowest BCUT2D eigenvalue weighted by atomic mass is 10.1. The van der Waals surface area contributed by atoms with Crippen LogP contribution in [0.3, 0.4) is 0 Å². The van der Waals surface area contributed by atoms with Crippen LogP contribution in [0.4, 0.5) is 5.82 Å². The molecule has 0 unspecified atom stereocenters. The van der Waals surface area contributed by atoms with Crippen molar-refractivity contribution in [1.82, 2.24) is 9.97 Å². The van der Waals surface area contributed by atoms with Gasteiger partial charge in [0.05, 0.1) is 10.6 Å². The fourth-order valence-corrected chi connectivity index (χ4v) is 2.39. The Balaban J connectivity index is 2.41. The Kier molecular flexibility index (Phi) is 4.27. The SMILES string of the molecule is CC(C)c1c(N)ncnc1Oc1ccc(Br)cc1Cl. The second kappa shape index (κ2) is 5.75. The highest BCUT2D eigenvalue weighted by molar-refractivity contribution is 9.10. The summed E-state index contributed by atoms with van der Waals surface area (Å²) in [4.78, 5) is 8.12. The summed E-state index contributed by atoms with van der Waals surface area (Å²) in [5.41, 5.74) is 6.65. The van der Waals surface area contributed by atoms with E-state index in [2.05, 4.69) is 25.9 Å². The van der Waals surface area contributed by atoms with E-state index < -0.39 is 0 Å². The summed E-state index contributed by atoms with van der Waals surface area (Å²) in [7, 11) is 0. The number of nitrogens with zero attached hydrogens (tertiary/aromatic N) is 2. The number of rotatable bonds is 3. The summed E-state index contributed by atoms with van der Waals surface area (Å²) in [6.45, 7) is 4.01. The van der Waals surface area contributed by atoms with E-state index in [-0.39, 0.29) is 5.92 Å². The largest absolute Gasteiger partial charge is 0.437 e. The van der Waals surface area contributed by atoms with E-state index in [9.17, 15) is 0 Å². The highest BCUT2D eigenvalue weighted by Crippen LogP contribution is 2.35. The number of hydrogen-bond donors (Lipinski definition) is 1. The van der Waals surface area contributed by atoms with Gasteiger partial charge in [-0.1, -0.05) is 41.4 Å². The van der Waals surface area contributed by atoms with Gasteiger partial charge in [0.2, 0.25) is 5.88 Å². The molecule has 0 radical (unpaired) electrons. The number of halogens is 2. The first-order valence-electron chi connectivity index (χ1n) is 5.72.